The third-order valence-corrected chi connectivity index (χ3v) is 3.25. The monoisotopic (exact) mass is 231 g/mol. The van der Waals surface area contributed by atoms with Crippen molar-refractivity contribution in [1.29, 1.82) is 0 Å². The van der Waals surface area contributed by atoms with E-state index in [0.29, 0.717) is 0 Å². The highest BCUT2D eigenvalue weighted by molar-refractivity contribution is 7.09. The second kappa shape index (κ2) is 4.63. The Kier molecular flexibility index (Phi) is 3.96. The quantitative estimate of drug-likeness (QED) is 0.713. The van der Waals surface area contributed by atoms with Gasteiger partial charge in [-0.2, -0.15) is 0 Å². The molecule has 0 fully saturated rings. The predicted octanol–water partition coefficient (Wildman–Crippen LogP) is 4.04. The Morgan fingerprint density at radius 3 is 2.64 bits per heavy atom. The molecule has 80 valence electrons. The largest absolute Gasteiger partial charge is 0.247 e. The highest BCUT2D eigenvalue weighted by Crippen LogP contribution is 2.30. The lowest BCUT2D eigenvalue weighted by atomic mass is 9.85. The fraction of sp³-hybridized carbons (Fsp3) is 0.727. The predicted molar refractivity (Wildman–Crippen MR) is 64.3 cm³/mol. The molecule has 0 radical (unpaired) electrons. The molecule has 0 saturated heterocycles. The van der Waals surface area contributed by atoms with Crippen LogP contribution >= 0.6 is 22.9 Å². The highest BCUT2D eigenvalue weighted by Gasteiger charge is 2.22. The summed E-state index contributed by atoms with van der Waals surface area (Å²) in [5, 5.41) is 3.58. The van der Waals surface area contributed by atoms with Crippen molar-refractivity contribution in [2.45, 2.75) is 45.9 Å². The van der Waals surface area contributed by atoms with Crippen LogP contribution in [-0.4, -0.2) is 10.4 Å². The number of aromatic nitrogens is 1. The summed E-state index contributed by atoms with van der Waals surface area (Å²) in [5.74, 6) is 0. The Labute approximate surface area is 95.5 Å². The van der Waals surface area contributed by atoms with Crippen molar-refractivity contribution in [3.63, 3.8) is 0 Å². The zero-order chi connectivity index (χ0) is 10.8. The minimum Gasteiger partial charge on any atom is -0.247 e. The third-order valence-electron chi connectivity index (χ3n) is 2.13. The van der Waals surface area contributed by atoms with Crippen molar-refractivity contribution in [3.05, 3.63) is 16.1 Å². The van der Waals surface area contributed by atoms with Gasteiger partial charge in [-0.15, -0.1) is 22.9 Å². The Hall–Kier alpha value is -0.0800. The minimum absolute atomic E-state index is 0.242. The molecule has 0 aliphatic heterocycles. The third kappa shape index (κ3) is 3.97. The summed E-state index contributed by atoms with van der Waals surface area (Å²) in [6, 6.07) is 0. The summed E-state index contributed by atoms with van der Waals surface area (Å²) in [5.41, 5.74) is 1.38. The van der Waals surface area contributed by atoms with Crippen LogP contribution in [0.4, 0.5) is 0 Å². The molecule has 0 amide bonds. The molecule has 0 aliphatic rings. The van der Waals surface area contributed by atoms with Gasteiger partial charge >= 0.3 is 0 Å². The Bertz CT molecular complexity index is 291. The maximum Gasteiger partial charge on any atom is 0.0933 e. The normalized spacial score (nSPS) is 14.4. The topological polar surface area (TPSA) is 12.9 Å². The molecule has 14 heavy (non-hydrogen) atoms. The second-order valence-electron chi connectivity index (χ2n) is 4.71. The van der Waals surface area contributed by atoms with Crippen molar-refractivity contribution >= 4 is 22.9 Å². The van der Waals surface area contributed by atoms with E-state index in [1.165, 1.54) is 5.01 Å². The SMILES string of the molecule is Cc1csc(CC(C)(C)CC(C)Cl)n1. The van der Waals surface area contributed by atoms with Gasteiger partial charge in [0.2, 0.25) is 0 Å². The average molecular weight is 232 g/mol. The summed E-state index contributed by atoms with van der Waals surface area (Å²) in [4.78, 5) is 4.48. The molecule has 0 aliphatic carbocycles. The van der Waals surface area contributed by atoms with Crippen molar-refractivity contribution in [2.24, 2.45) is 5.41 Å². The Morgan fingerprint density at radius 1 is 1.57 bits per heavy atom. The van der Waals surface area contributed by atoms with E-state index in [2.05, 4.69) is 31.1 Å². The fourth-order valence-electron chi connectivity index (χ4n) is 1.73. The molecule has 1 atom stereocenters. The van der Waals surface area contributed by atoms with Crippen LogP contribution in [0.15, 0.2) is 5.38 Å². The molecule has 0 aromatic carbocycles. The summed E-state index contributed by atoms with van der Waals surface area (Å²) in [6.45, 7) is 8.60. The van der Waals surface area contributed by atoms with E-state index in [1.807, 2.05) is 6.92 Å². The summed E-state index contributed by atoms with van der Waals surface area (Å²) < 4.78 is 0. The maximum absolute atomic E-state index is 6.02. The molecule has 3 heteroatoms. The van der Waals surface area contributed by atoms with Gasteiger partial charge in [-0.3, -0.25) is 0 Å². The number of nitrogens with zero attached hydrogens (tertiary/aromatic N) is 1. The zero-order valence-corrected chi connectivity index (χ0v) is 10.9. The second-order valence-corrected chi connectivity index (χ2v) is 6.40. The van der Waals surface area contributed by atoms with Crippen LogP contribution in [0.1, 0.15) is 37.9 Å². The van der Waals surface area contributed by atoms with Gasteiger partial charge in [-0.25, -0.2) is 4.98 Å². The van der Waals surface area contributed by atoms with Gasteiger partial charge in [0, 0.05) is 22.9 Å². The molecule has 0 saturated carbocycles. The van der Waals surface area contributed by atoms with Gasteiger partial charge in [0.25, 0.3) is 0 Å². The Balaban J connectivity index is 2.58. The molecule has 1 heterocycles. The van der Waals surface area contributed by atoms with Crippen LogP contribution in [0.5, 0.6) is 0 Å². The van der Waals surface area contributed by atoms with Gasteiger partial charge in [-0.05, 0) is 25.7 Å². The van der Waals surface area contributed by atoms with Crippen molar-refractivity contribution in [1.82, 2.24) is 4.98 Å². The van der Waals surface area contributed by atoms with Gasteiger partial charge in [0.05, 0.1) is 5.01 Å². The molecule has 1 unspecified atom stereocenters. The first-order valence-electron chi connectivity index (χ1n) is 4.94. The van der Waals surface area contributed by atoms with Crippen molar-refractivity contribution in [3.8, 4) is 0 Å². The van der Waals surface area contributed by atoms with E-state index in [1.54, 1.807) is 11.3 Å². The van der Waals surface area contributed by atoms with Crippen molar-refractivity contribution < 1.29 is 0 Å². The smallest absolute Gasteiger partial charge is 0.0933 e. The summed E-state index contributed by atoms with van der Waals surface area (Å²) in [7, 11) is 0. The average Bonchev–Trinajstić information content (AvgIpc) is 2.30. The van der Waals surface area contributed by atoms with Crippen LogP contribution in [0.2, 0.25) is 0 Å². The van der Waals surface area contributed by atoms with Crippen molar-refractivity contribution in [2.75, 3.05) is 0 Å². The lowest BCUT2D eigenvalue weighted by molar-refractivity contribution is 0.331. The number of hydrogen-bond acceptors (Lipinski definition) is 2. The standard InChI is InChI=1S/C11H18ClNS/c1-8(12)5-11(3,4)6-10-13-9(2)7-14-10/h7-8H,5-6H2,1-4H3. The Morgan fingerprint density at radius 2 is 2.21 bits per heavy atom. The zero-order valence-electron chi connectivity index (χ0n) is 9.30. The molecule has 1 rings (SSSR count). The van der Waals surface area contributed by atoms with Crippen LogP contribution in [0.3, 0.4) is 0 Å². The van der Waals surface area contributed by atoms with E-state index >= 15 is 0 Å². The molecule has 1 nitrogen and oxygen atoms in total. The van der Waals surface area contributed by atoms with Gasteiger partial charge in [0.1, 0.15) is 0 Å². The first-order valence-corrected chi connectivity index (χ1v) is 6.26. The minimum atomic E-state index is 0.242. The van der Waals surface area contributed by atoms with E-state index < -0.39 is 0 Å². The van der Waals surface area contributed by atoms with E-state index in [0.717, 1.165) is 18.5 Å². The van der Waals surface area contributed by atoms with Gasteiger partial charge in [-0.1, -0.05) is 13.8 Å². The summed E-state index contributed by atoms with van der Waals surface area (Å²) in [6.07, 6.45) is 2.07. The number of aryl methyl sites for hydroxylation is 1. The molecule has 1 aromatic rings. The molecule has 0 N–H and O–H groups in total. The molecule has 0 spiro atoms. The maximum atomic E-state index is 6.02. The number of rotatable bonds is 4. The first-order chi connectivity index (χ1) is 6.39. The lowest BCUT2D eigenvalue weighted by Crippen LogP contribution is -2.18. The van der Waals surface area contributed by atoms with Crippen LogP contribution < -0.4 is 0 Å². The fourth-order valence-corrected chi connectivity index (χ4v) is 3.17. The highest BCUT2D eigenvalue weighted by atomic mass is 35.5. The van der Waals surface area contributed by atoms with Gasteiger partial charge in [0.15, 0.2) is 0 Å². The number of alkyl halides is 1. The lowest BCUT2D eigenvalue weighted by Gasteiger charge is -2.24. The number of hydrogen-bond donors (Lipinski definition) is 0. The van der Waals surface area contributed by atoms with E-state index in [-0.39, 0.29) is 10.8 Å². The number of halogens is 1. The van der Waals surface area contributed by atoms with Crippen LogP contribution in [-0.2, 0) is 6.42 Å². The molecule has 1 aromatic heterocycles. The molecular formula is C11H18ClNS. The van der Waals surface area contributed by atoms with E-state index in [4.69, 9.17) is 11.6 Å². The molecule has 0 bridgehead atoms. The summed E-state index contributed by atoms with van der Waals surface area (Å²) >= 11 is 7.77. The first kappa shape index (κ1) is 12.0. The van der Waals surface area contributed by atoms with E-state index in [9.17, 15) is 0 Å². The van der Waals surface area contributed by atoms with Gasteiger partial charge < -0.3 is 0 Å². The number of thiazole rings is 1. The van der Waals surface area contributed by atoms with Crippen LogP contribution in [0, 0.1) is 12.3 Å². The van der Waals surface area contributed by atoms with Crippen LogP contribution in [0.25, 0.3) is 0 Å². The molecular weight excluding hydrogens is 214 g/mol.